The highest BCUT2D eigenvalue weighted by molar-refractivity contribution is 5.89. The Hall–Kier alpha value is -2.89. The van der Waals surface area contributed by atoms with Crippen LogP contribution in [-0.2, 0) is 9.47 Å². The minimum atomic E-state index is -0.398. The van der Waals surface area contributed by atoms with Crippen molar-refractivity contribution in [3.05, 3.63) is 58.9 Å². The zero-order valence-electron chi connectivity index (χ0n) is 14.5. The number of aryl methyl sites for hydroxylation is 2. The van der Waals surface area contributed by atoms with Gasteiger partial charge in [0, 0.05) is 6.20 Å². The number of hydrogen-bond donors (Lipinski definition) is 0. The molecule has 0 bridgehead atoms. The number of rotatable bonds is 3. The molecule has 0 unspecified atom stereocenters. The first kappa shape index (κ1) is 19.2. The van der Waals surface area contributed by atoms with Gasteiger partial charge in [0.15, 0.2) is 0 Å². The first-order valence-electron chi connectivity index (χ1n) is 7.16. The van der Waals surface area contributed by atoms with Crippen LogP contribution in [0.5, 0.6) is 5.75 Å². The number of methoxy groups -OCH3 is 3. The van der Waals surface area contributed by atoms with E-state index in [9.17, 15) is 9.59 Å². The Morgan fingerprint density at radius 3 is 2.08 bits per heavy atom. The molecular weight excluding hydrogens is 310 g/mol. The Morgan fingerprint density at radius 2 is 1.58 bits per heavy atom. The van der Waals surface area contributed by atoms with E-state index < -0.39 is 5.97 Å². The maximum Gasteiger partial charge on any atom is 0.356 e. The van der Waals surface area contributed by atoms with E-state index >= 15 is 0 Å². The summed E-state index contributed by atoms with van der Waals surface area (Å²) >= 11 is 0. The van der Waals surface area contributed by atoms with Crippen molar-refractivity contribution < 1.29 is 23.8 Å². The van der Waals surface area contributed by atoms with Crippen molar-refractivity contribution in [3.63, 3.8) is 0 Å². The Morgan fingerprint density at radius 1 is 0.917 bits per heavy atom. The van der Waals surface area contributed by atoms with Crippen LogP contribution in [0, 0.1) is 13.8 Å². The van der Waals surface area contributed by atoms with E-state index in [4.69, 9.17) is 4.74 Å². The van der Waals surface area contributed by atoms with E-state index in [2.05, 4.69) is 14.5 Å². The van der Waals surface area contributed by atoms with Crippen LogP contribution in [0.2, 0.25) is 0 Å². The second-order valence-electron chi connectivity index (χ2n) is 4.89. The predicted molar refractivity (Wildman–Crippen MR) is 89.4 cm³/mol. The maximum absolute atomic E-state index is 11.1. The van der Waals surface area contributed by atoms with Gasteiger partial charge in [-0.3, -0.25) is 0 Å². The molecule has 0 aliphatic carbocycles. The van der Waals surface area contributed by atoms with Crippen LogP contribution in [0.4, 0.5) is 0 Å². The zero-order valence-corrected chi connectivity index (χ0v) is 14.5. The molecule has 0 aliphatic heterocycles. The van der Waals surface area contributed by atoms with E-state index in [1.165, 1.54) is 14.2 Å². The van der Waals surface area contributed by atoms with Gasteiger partial charge in [-0.1, -0.05) is 12.1 Å². The SMILES string of the molecule is COC(=O)c1ccc(C)c(OC)c1.COC(=O)c1ccc(C)cn1. The molecule has 0 saturated carbocycles. The van der Waals surface area contributed by atoms with Crippen molar-refractivity contribution in [1.29, 1.82) is 0 Å². The summed E-state index contributed by atoms with van der Waals surface area (Å²) in [6.45, 7) is 3.83. The van der Waals surface area contributed by atoms with Gasteiger partial charge < -0.3 is 14.2 Å². The Balaban J connectivity index is 0.000000243. The molecule has 0 fully saturated rings. The zero-order chi connectivity index (χ0) is 18.1. The van der Waals surface area contributed by atoms with Gasteiger partial charge in [0.05, 0.1) is 26.9 Å². The van der Waals surface area contributed by atoms with Crippen LogP contribution >= 0.6 is 0 Å². The highest BCUT2D eigenvalue weighted by Gasteiger charge is 2.07. The molecule has 1 aromatic heterocycles. The third-order valence-electron chi connectivity index (χ3n) is 3.14. The van der Waals surface area contributed by atoms with Crippen molar-refractivity contribution in [2.75, 3.05) is 21.3 Å². The Bertz CT molecular complexity index is 695. The monoisotopic (exact) mass is 331 g/mol. The van der Waals surface area contributed by atoms with Gasteiger partial charge in [0.25, 0.3) is 0 Å². The number of aromatic nitrogens is 1. The minimum Gasteiger partial charge on any atom is -0.496 e. The van der Waals surface area contributed by atoms with Crippen molar-refractivity contribution >= 4 is 11.9 Å². The molecule has 1 heterocycles. The van der Waals surface area contributed by atoms with Gasteiger partial charge >= 0.3 is 11.9 Å². The molecule has 6 heteroatoms. The lowest BCUT2D eigenvalue weighted by atomic mass is 10.1. The summed E-state index contributed by atoms with van der Waals surface area (Å²) in [7, 11) is 4.27. The molecule has 24 heavy (non-hydrogen) atoms. The van der Waals surface area contributed by atoms with Gasteiger partial charge in [0.2, 0.25) is 0 Å². The van der Waals surface area contributed by atoms with Gasteiger partial charge in [-0.05, 0) is 43.2 Å². The summed E-state index contributed by atoms with van der Waals surface area (Å²) < 4.78 is 14.1. The topological polar surface area (TPSA) is 74.7 Å². The second kappa shape index (κ2) is 9.29. The number of pyridine rings is 1. The van der Waals surface area contributed by atoms with Crippen LogP contribution in [0.1, 0.15) is 32.0 Å². The normalized spacial score (nSPS) is 9.38. The van der Waals surface area contributed by atoms with Gasteiger partial charge in [-0.25, -0.2) is 14.6 Å². The molecule has 0 radical (unpaired) electrons. The van der Waals surface area contributed by atoms with Crippen LogP contribution in [0.25, 0.3) is 0 Å². The number of nitrogens with zero attached hydrogens (tertiary/aromatic N) is 1. The number of benzene rings is 1. The Kier molecular flexibility index (Phi) is 7.42. The highest BCUT2D eigenvalue weighted by atomic mass is 16.5. The van der Waals surface area contributed by atoms with Crippen LogP contribution in [0.15, 0.2) is 36.5 Å². The van der Waals surface area contributed by atoms with E-state index in [1.54, 1.807) is 31.5 Å². The van der Waals surface area contributed by atoms with Crippen LogP contribution in [-0.4, -0.2) is 38.3 Å². The summed E-state index contributed by atoms with van der Waals surface area (Å²) in [5.74, 6) is -0.0498. The molecule has 0 N–H and O–H groups in total. The molecule has 0 atom stereocenters. The molecular formula is C18H21NO5. The minimum absolute atomic E-state index is 0.345. The summed E-state index contributed by atoms with van der Waals surface area (Å²) in [4.78, 5) is 25.8. The summed E-state index contributed by atoms with van der Waals surface area (Å²) in [6.07, 6.45) is 1.63. The Labute approximate surface area is 141 Å². The fourth-order valence-corrected chi connectivity index (χ4v) is 1.76. The smallest absolute Gasteiger partial charge is 0.356 e. The fourth-order valence-electron chi connectivity index (χ4n) is 1.76. The number of carbonyl (C=O) groups is 2. The van der Waals surface area contributed by atoms with Gasteiger partial charge in [0.1, 0.15) is 11.4 Å². The number of esters is 2. The lowest BCUT2D eigenvalue weighted by molar-refractivity contribution is 0.0588. The van der Waals surface area contributed by atoms with Crippen LogP contribution < -0.4 is 4.74 Å². The standard InChI is InChI=1S/C10H12O3.C8H9NO2/c1-7-4-5-8(10(11)13-3)6-9(7)12-2;1-6-3-4-7(9-5-6)8(10)11-2/h4-6H,1-3H3;3-5H,1-2H3. The number of carbonyl (C=O) groups excluding carboxylic acids is 2. The number of ether oxygens (including phenoxy) is 3. The van der Waals surface area contributed by atoms with E-state index in [0.717, 1.165) is 11.1 Å². The summed E-state index contributed by atoms with van der Waals surface area (Å²) in [6, 6.07) is 8.66. The largest absolute Gasteiger partial charge is 0.496 e. The maximum atomic E-state index is 11.1. The first-order valence-corrected chi connectivity index (χ1v) is 7.16. The summed E-state index contributed by atoms with van der Waals surface area (Å²) in [5.41, 5.74) is 2.87. The highest BCUT2D eigenvalue weighted by Crippen LogP contribution is 2.19. The second-order valence-corrected chi connectivity index (χ2v) is 4.89. The van der Waals surface area contributed by atoms with Crippen molar-refractivity contribution in [1.82, 2.24) is 4.98 Å². The average Bonchev–Trinajstić information content (AvgIpc) is 2.62. The predicted octanol–water partition coefficient (Wildman–Crippen LogP) is 2.97. The number of hydrogen-bond acceptors (Lipinski definition) is 6. The molecule has 6 nitrogen and oxygen atoms in total. The first-order chi connectivity index (χ1) is 11.4. The van der Waals surface area contributed by atoms with Gasteiger partial charge in [-0.15, -0.1) is 0 Å². The molecule has 0 aliphatic rings. The molecule has 2 aromatic rings. The van der Waals surface area contributed by atoms with Crippen molar-refractivity contribution in [2.24, 2.45) is 0 Å². The lowest BCUT2D eigenvalue weighted by Gasteiger charge is -2.05. The summed E-state index contributed by atoms with van der Waals surface area (Å²) in [5, 5.41) is 0. The lowest BCUT2D eigenvalue weighted by Crippen LogP contribution is -2.03. The molecule has 2 rings (SSSR count). The van der Waals surface area contributed by atoms with E-state index in [-0.39, 0.29) is 5.97 Å². The molecule has 128 valence electrons. The molecule has 0 spiro atoms. The third-order valence-corrected chi connectivity index (χ3v) is 3.14. The third kappa shape index (κ3) is 5.39. The van der Waals surface area contributed by atoms with Gasteiger partial charge in [-0.2, -0.15) is 0 Å². The molecule has 1 aromatic carbocycles. The fraction of sp³-hybridized carbons (Fsp3) is 0.278. The van der Waals surface area contributed by atoms with Crippen LogP contribution in [0.3, 0.4) is 0 Å². The van der Waals surface area contributed by atoms with E-state index in [0.29, 0.717) is 17.0 Å². The molecule has 0 saturated heterocycles. The van der Waals surface area contributed by atoms with Crippen molar-refractivity contribution in [3.8, 4) is 5.75 Å². The van der Waals surface area contributed by atoms with Crippen molar-refractivity contribution in [2.45, 2.75) is 13.8 Å². The quantitative estimate of drug-likeness (QED) is 0.805. The molecule has 0 amide bonds. The average molecular weight is 331 g/mol. The van der Waals surface area contributed by atoms with E-state index in [1.807, 2.05) is 26.0 Å².